The van der Waals surface area contributed by atoms with Crippen molar-refractivity contribution in [1.29, 1.82) is 0 Å². The van der Waals surface area contributed by atoms with Crippen molar-refractivity contribution < 1.29 is 22.8 Å². The first kappa shape index (κ1) is 50.5. The van der Waals surface area contributed by atoms with E-state index in [0.29, 0.717) is 10.4 Å². The molecule has 3 aromatic carbocycles. The fourth-order valence-electron chi connectivity index (χ4n) is 4.68. The number of benzene rings is 3. The minimum absolute atomic E-state index is 0. The van der Waals surface area contributed by atoms with Gasteiger partial charge in [-0.15, -0.1) is 13.2 Å². The molecule has 7 nitrogen and oxygen atoms in total. The first-order valence-corrected chi connectivity index (χ1v) is 20.5. The third-order valence-corrected chi connectivity index (χ3v) is 10.7. The lowest BCUT2D eigenvalue weighted by atomic mass is 9.84. The van der Waals surface area contributed by atoms with Crippen LogP contribution in [0.4, 0.5) is 0 Å². The van der Waals surface area contributed by atoms with Gasteiger partial charge in [0, 0.05) is 22.2 Å². The molecule has 0 atom stereocenters. The predicted octanol–water partition coefficient (Wildman–Crippen LogP) is 12.4. The van der Waals surface area contributed by atoms with Gasteiger partial charge in [-0.25, -0.2) is 13.1 Å². The van der Waals surface area contributed by atoms with Gasteiger partial charge in [0.15, 0.2) is 0 Å². The zero-order valence-electron chi connectivity index (χ0n) is 34.3. The van der Waals surface area contributed by atoms with E-state index in [0.717, 1.165) is 41.2 Å². The summed E-state index contributed by atoms with van der Waals surface area (Å²) in [7, 11) is -3.43. The van der Waals surface area contributed by atoms with Crippen LogP contribution in [0.5, 0.6) is 0 Å². The molecule has 5 rings (SSSR count). The number of ether oxygens (including phenoxy) is 1. The van der Waals surface area contributed by atoms with Crippen LogP contribution in [0.3, 0.4) is 0 Å². The predicted molar refractivity (Wildman–Crippen MR) is 231 cm³/mol. The van der Waals surface area contributed by atoms with Crippen LogP contribution in [0.1, 0.15) is 126 Å². The molecule has 0 aromatic heterocycles. The number of esters is 1. The monoisotopic (exact) mass is 784 g/mol. The number of rotatable bonds is 7. The lowest BCUT2D eigenvalue weighted by molar-refractivity contribution is -0.152. The van der Waals surface area contributed by atoms with Crippen molar-refractivity contribution in [2.75, 3.05) is 0 Å². The average Bonchev–Trinajstić information content (AvgIpc) is 3.71. The van der Waals surface area contributed by atoms with Gasteiger partial charge < -0.3 is 9.57 Å². The summed E-state index contributed by atoms with van der Waals surface area (Å²) in [5.74, 6) is 0.778. The fraction of sp³-hybridized carbons (Fsp3) is 0.511. The summed E-state index contributed by atoms with van der Waals surface area (Å²) in [5.41, 5.74) is 7.08. The molecule has 0 saturated heterocycles. The van der Waals surface area contributed by atoms with E-state index in [4.69, 9.17) is 21.2 Å². The third kappa shape index (κ3) is 16.9. The highest BCUT2D eigenvalue weighted by molar-refractivity contribution is 7.89. The number of aryl methyl sites for hydroxylation is 1. The number of halogens is 1. The number of nitrogens with zero attached hydrogens (tertiary/aromatic N) is 1. The van der Waals surface area contributed by atoms with Crippen molar-refractivity contribution in [3.8, 4) is 11.1 Å². The van der Waals surface area contributed by atoms with Gasteiger partial charge in [-0.2, -0.15) is 0 Å². The van der Waals surface area contributed by atoms with E-state index < -0.39 is 10.0 Å². The van der Waals surface area contributed by atoms with Gasteiger partial charge in [-0.05, 0) is 100 Å². The van der Waals surface area contributed by atoms with E-state index in [-0.39, 0.29) is 42.5 Å². The lowest BCUT2D eigenvalue weighted by Gasteiger charge is -2.22. The molecule has 0 amide bonds. The number of carbonyl (C=O) groups is 1. The van der Waals surface area contributed by atoms with Gasteiger partial charge in [0.2, 0.25) is 10.0 Å². The summed E-state index contributed by atoms with van der Waals surface area (Å²) in [4.78, 5) is 16.7. The van der Waals surface area contributed by atoms with Gasteiger partial charge in [0.05, 0.1) is 10.8 Å². The molecule has 2 aliphatic rings. The van der Waals surface area contributed by atoms with Gasteiger partial charge in [-0.1, -0.05) is 127 Å². The van der Waals surface area contributed by atoms with Crippen molar-refractivity contribution in [1.82, 2.24) is 4.72 Å². The van der Waals surface area contributed by atoms with Crippen LogP contribution in [0.2, 0.25) is 5.02 Å². The summed E-state index contributed by atoms with van der Waals surface area (Å²) in [6, 6.07) is 21.2. The van der Waals surface area contributed by atoms with Crippen LogP contribution in [-0.4, -0.2) is 38.3 Å². The average molecular weight is 786 g/mol. The standard InChI is InChI=1S/C16H15NO.C10H14ClNO2S.C9H16O2.C7H16.C2H4.CH4/c1-11(2)18-17-16-14-9-5-3-7-12(14)13-8-4-6-10-15(13)16;1-7(2)12-15(13,14)9-5-4-8(3)10(11)6-9;1-7(2)9(10)11-8-5-3-4-6-8;1-6(2)7(3,4)5;1-2;/h3-11H,1-2H3;4-7,12H,1-3H3;7-8H,3-6H2,1-2H3;6H,1-5H3;1-2H2;1H4. The Balaban J connectivity index is 0.000000712. The summed E-state index contributed by atoms with van der Waals surface area (Å²) in [5, 5.41) is 4.78. The normalized spacial score (nSPS) is 13.1. The molecule has 1 fully saturated rings. The van der Waals surface area contributed by atoms with Crippen molar-refractivity contribution in [3.05, 3.63) is 102 Å². The second-order valence-corrected chi connectivity index (χ2v) is 17.5. The second kappa shape index (κ2) is 24.1. The number of sulfonamides is 1. The third-order valence-electron chi connectivity index (χ3n) is 8.64. The zero-order valence-corrected chi connectivity index (χ0v) is 35.8. The maximum Gasteiger partial charge on any atom is 0.308 e. The van der Waals surface area contributed by atoms with E-state index in [9.17, 15) is 13.2 Å². The Hall–Kier alpha value is -3.46. The number of hydrogen-bond acceptors (Lipinski definition) is 6. The zero-order chi connectivity index (χ0) is 40.5. The first-order chi connectivity index (χ1) is 24.7. The summed E-state index contributed by atoms with van der Waals surface area (Å²) >= 11 is 5.86. The first-order valence-electron chi connectivity index (χ1n) is 18.7. The highest BCUT2D eigenvalue weighted by Gasteiger charge is 2.25. The molecule has 54 heavy (non-hydrogen) atoms. The maximum absolute atomic E-state index is 11.7. The Labute approximate surface area is 334 Å². The van der Waals surface area contributed by atoms with E-state index >= 15 is 0 Å². The van der Waals surface area contributed by atoms with Crippen molar-refractivity contribution in [2.24, 2.45) is 22.4 Å². The number of nitrogens with one attached hydrogen (secondary N) is 1. The summed E-state index contributed by atoms with van der Waals surface area (Å²) in [6.07, 6.45) is 4.89. The summed E-state index contributed by atoms with van der Waals surface area (Å²) < 4.78 is 31.2. The summed E-state index contributed by atoms with van der Waals surface area (Å²) in [6.45, 7) is 30.4. The molecular formula is C45H69ClN2O5S. The molecule has 302 valence electrons. The van der Waals surface area contributed by atoms with Crippen LogP contribution in [0, 0.1) is 24.2 Å². The molecule has 0 spiro atoms. The Morgan fingerprint density at radius 3 is 1.65 bits per heavy atom. The Bertz CT molecular complexity index is 1660. The van der Waals surface area contributed by atoms with E-state index in [1.165, 1.54) is 30.0 Å². The molecule has 0 aliphatic heterocycles. The maximum atomic E-state index is 11.7. The van der Waals surface area contributed by atoms with Crippen molar-refractivity contribution in [2.45, 2.75) is 139 Å². The molecular weight excluding hydrogens is 716 g/mol. The van der Waals surface area contributed by atoms with Crippen molar-refractivity contribution >= 4 is 33.3 Å². The minimum atomic E-state index is -3.43. The lowest BCUT2D eigenvalue weighted by Crippen LogP contribution is -2.30. The van der Waals surface area contributed by atoms with Crippen LogP contribution in [0.15, 0.2) is 89.9 Å². The Morgan fingerprint density at radius 2 is 1.28 bits per heavy atom. The van der Waals surface area contributed by atoms with E-state index in [1.807, 2.05) is 46.8 Å². The van der Waals surface area contributed by atoms with E-state index in [2.05, 4.69) is 94.1 Å². The number of fused-ring (bicyclic) bond motifs is 3. The molecule has 0 heterocycles. The van der Waals surface area contributed by atoms with Gasteiger partial charge >= 0.3 is 5.97 Å². The Kier molecular flexibility index (Phi) is 22.6. The van der Waals surface area contributed by atoms with Crippen LogP contribution in [-0.2, 0) is 24.4 Å². The molecule has 3 aromatic rings. The second-order valence-electron chi connectivity index (χ2n) is 15.4. The minimum Gasteiger partial charge on any atom is -0.462 e. The number of hydrogen-bond donors (Lipinski definition) is 1. The smallest absolute Gasteiger partial charge is 0.308 e. The van der Waals surface area contributed by atoms with Crippen LogP contribution in [0.25, 0.3) is 11.1 Å². The molecule has 0 unspecified atom stereocenters. The van der Waals surface area contributed by atoms with Crippen molar-refractivity contribution in [3.63, 3.8) is 0 Å². The molecule has 1 saturated carbocycles. The highest BCUT2D eigenvalue weighted by atomic mass is 35.5. The van der Waals surface area contributed by atoms with Gasteiger partial charge in [0.25, 0.3) is 0 Å². The van der Waals surface area contributed by atoms with Crippen LogP contribution >= 0.6 is 11.6 Å². The quantitative estimate of drug-likeness (QED) is 0.114. The van der Waals surface area contributed by atoms with Gasteiger partial charge in [0.1, 0.15) is 17.9 Å². The van der Waals surface area contributed by atoms with Crippen LogP contribution < -0.4 is 4.72 Å². The van der Waals surface area contributed by atoms with Gasteiger partial charge in [-0.3, -0.25) is 4.79 Å². The Morgan fingerprint density at radius 1 is 0.833 bits per heavy atom. The topological polar surface area (TPSA) is 94.1 Å². The molecule has 0 radical (unpaired) electrons. The fourth-order valence-corrected chi connectivity index (χ4v) is 6.20. The van der Waals surface area contributed by atoms with E-state index in [1.54, 1.807) is 26.0 Å². The SMILES string of the molecule is C.C=C.CC(C)C(=O)OC1CCCC1.CC(C)C(C)(C)C.CC(C)ON=C1c2ccccc2-c2ccccc21.Cc1ccc(S(=O)(=O)NC(C)C)cc1Cl. The number of carbonyl (C=O) groups excluding carboxylic acids is 1. The molecule has 0 bridgehead atoms. The molecule has 2 aliphatic carbocycles. The molecule has 1 N–H and O–H groups in total. The highest BCUT2D eigenvalue weighted by Crippen LogP contribution is 2.36. The molecule has 9 heteroatoms. The largest absolute Gasteiger partial charge is 0.462 e. The number of oxime groups is 1.